The summed E-state index contributed by atoms with van der Waals surface area (Å²) in [6.07, 6.45) is 0.934. The quantitative estimate of drug-likeness (QED) is 0.811. The number of carbonyl (C=O) groups excluding carboxylic acids is 1. The molecular formula is C16H15FN4O. The minimum absolute atomic E-state index is 0.0144. The Hall–Kier alpha value is -2.68. The Morgan fingerprint density at radius 3 is 2.68 bits per heavy atom. The van der Waals surface area contributed by atoms with E-state index < -0.39 is 0 Å². The van der Waals surface area contributed by atoms with Gasteiger partial charge in [-0.3, -0.25) is 9.48 Å². The first-order chi connectivity index (χ1) is 10.4. The van der Waals surface area contributed by atoms with Crippen LogP contribution >= 0.6 is 0 Å². The lowest BCUT2D eigenvalue weighted by Crippen LogP contribution is -2.31. The lowest BCUT2D eigenvalue weighted by atomic mass is 9.97. The first kappa shape index (κ1) is 14.3. The fourth-order valence-electron chi connectivity index (χ4n) is 2.88. The van der Waals surface area contributed by atoms with Gasteiger partial charge in [-0.1, -0.05) is 0 Å². The Morgan fingerprint density at radius 2 is 2.05 bits per heavy atom. The summed E-state index contributed by atoms with van der Waals surface area (Å²) in [4.78, 5) is 13.4. The van der Waals surface area contributed by atoms with E-state index >= 15 is 0 Å². The maximum absolute atomic E-state index is 14.5. The van der Waals surface area contributed by atoms with Gasteiger partial charge in [0.15, 0.2) is 0 Å². The molecule has 0 aliphatic carbocycles. The van der Waals surface area contributed by atoms with Crippen LogP contribution in [0, 0.1) is 24.1 Å². The second kappa shape index (κ2) is 4.95. The molecule has 1 amide bonds. The number of amides is 1. The van der Waals surface area contributed by atoms with E-state index in [0.717, 1.165) is 5.56 Å². The number of nitriles is 1. The second-order valence-electron chi connectivity index (χ2n) is 5.47. The van der Waals surface area contributed by atoms with E-state index in [1.165, 1.54) is 10.7 Å². The van der Waals surface area contributed by atoms with E-state index in [4.69, 9.17) is 5.26 Å². The minimum Gasteiger partial charge on any atom is -0.315 e. The fourth-order valence-corrected chi connectivity index (χ4v) is 2.88. The van der Waals surface area contributed by atoms with Crippen molar-refractivity contribution in [3.63, 3.8) is 0 Å². The third kappa shape index (κ3) is 1.98. The number of hydrogen-bond acceptors (Lipinski definition) is 3. The summed E-state index contributed by atoms with van der Waals surface area (Å²) < 4.78 is 15.9. The van der Waals surface area contributed by atoms with E-state index in [1.807, 2.05) is 0 Å². The van der Waals surface area contributed by atoms with E-state index in [9.17, 15) is 9.18 Å². The zero-order chi connectivity index (χ0) is 16.0. The summed E-state index contributed by atoms with van der Waals surface area (Å²) in [6, 6.07) is 5.18. The highest BCUT2D eigenvalue weighted by molar-refractivity contribution is 5.96. The lowest BCUT2D eigenvalue weighted by molar-refractivity contribution is -0.118. The first-order valence-electron chi connectivity index (χ1n) is 6.97. The van der Waals surface area contributed by atoms with Crippen LogP contribution in [0.2, 0.25) is 0 Å². The standard InChI is InChI=1S/C16H15FN4O/c1-9-14(8-18)21(3)19-16(9)11-7-13-10(6-12(11)17)4-5-15(22)20(13)2/h6-7H,4-5H2,1-3H3. The zero-order valence-electron chi connectivity index (χ0n) is 12.6. The predicted molar refractivity (Wildman–Crippen MR) is 79.8 cm³/mol. The highest BCUT2D eigenvalue weighted by Crippen LogP contribution is 2.35. The Labute approximate surface area is 127 Å². The molecule has 6 heteroatoms. The van der Waals surface area contributed by atoms with E-state index in [2.05, 4.69) is 11.2 Å². The van der Waals surface area contributed by atoms with Crippen molar-refractivity contribution in [2.45, 2.75) is 19.8 Å². The molecule has 1 aliphatic heterocycles. The van der Waals surface area contributed by atoms with Gasteiger partial charge < -0.3 is 4.90 Å². The largest absolute Gasteiger partial charge is 0.315 e. The van der Waals surface area contributed by atoms with Gasteiger partial charge in [0.05, 0.1) is 5.69 Å². The summed E-state index contributed by atoms with van der Waals surface area (Å²) in [6.45, 7) is 1.74. The van der Waals surface area contributed by atoms with Gasteiger partial charge in [-0.15, -0.1) is 0 Å². The minimum atomic E-state index is -0.382. The third-order valence-corrected chi connectivity index (χ3v) is 4.16. The van der Waals surface area contributed by atoms with Gasteiger partial charge >= 0.3 is 0 Å². The van der Waals surface area contributed by atoms with E-state index in [-0.39, 0.29) is 11.7 Å². The zero-order valence-corrected chi connectivity index (χ0v) is 12.6. The molecule has 0 saturated heterocycles. The number of nitrogens with zero attached hydrogens (tertiary/aromatic N) is 4. The SMILES string of the molecule is Cc1c(-c2cc3c(cc2F)CCC(=O)N3C)nn(C)c1C#N. The third-order valence-electron chi connectivity index (χ3n) is 4.16. The summed E-state index contributed by atoms with van der Waals surface area (Å²) in [7, 11) is 3.34. The molecule has 0 N–H and O–H groups in total. The summed E-state index contributed by atoms with van der Waals surface area (Å²) in [5, 5.41) is 13.4. The van der Waals surface area contributed by atoms with Gasteiger partial charge in [0.1, 0.15) is 17.6 Å². The number of aryl methyl sites for hydroxylation is 2. The Balaban J connectivity index is 2.21. The molecule has 3 rings (SSSR count). The van der Waals surface area contributed by atoms with Crippen LogP contribution in [0.25, 0.3) is 11.3 Å². The van der Waals surface area contributed by atoms with Crippen molar-refractivity contribution < 1.29 is 9.18 Å². The molecule has 1 aliphatic rings. The van der Waals surface area contributed by atoms with Crippen LogP contribution < -0.4 is 4.90 Å². The number of fused-ring (bicyclic) bond motifs is 1. The normalized spacial score (nSPS) is 14.0. The molecular weight excluding hydrogens is 283 g/mol. The van der Waals surface area contributed by atoms with Gasteiger partial charge in [0, 0.05) is 37.3 Å². The van der Waals surface area contributed by atoms with Crippen LogP contribution in [-0.2, 0) is 18.3 Å². The van der Waals surface area contributed by atoms with Crippen LogP contribution in [0.15, 0.2) is 12.1 Å². The Bertz CT molecular complexity index is 832. The Kier molecular flexibility index (Phi) is 3.21. The maximum atomic E-state index is 14.5. The predicted octanol–water partition coefficient (Wildman–Crippen LogP) is 2.32. The molecule has 1 aromatic carbocycles. The molecule has 0 saturated carbocycles. The number of rotatable bonds is 1. The number of carbonyl (C=O) groups is 1. The molecule has 0 unspecified atom stereocenters. The molecule has 2 heterocycles. The van der Waals surface area contributed by atoms with Crippen LogP contribution in [-0.4, -0.2) is 22.7 Å². The van der Waals surface area contributed by atoms with Crippen molar-refractivity contribution in [3.05, 3.63) is 34.8 Å². The lowest BCUT2D eigenvalue weighted by Gasteiger charge is -2.26. The molecule has 5 nitrogen and oxygen atoms in total. The van der Waals surface area contributed by atoms with E-state index in [0.29, 0.717) is 41.0 Å². The first-order valence-corrected chi connectivity index (χ1v) is 6.97. The number of aromatic nitrogens is 2. The number of benzene rings is 1. The monoisotopic (exact) mass is 298 g/mol. The molecule has 2 aromatic rings. The Morgan fingerprint density at radius 1 is 1.32 bits per heavy atom. The molecule has 0 fully saturated rings. The van der Waals surface area contributed by atoms with Crippen molar-refractivity contribution >= 4 is 11.6 Å². The average molecular weight is 298 g/mol. The van der Waals surface area contributed by atoms with Crippen molar-refractivity contribution in [2.75, 3.05) is 11.9 Å². The van der Waals surface area contributed by atoms with Crippen molar-refractivity contribution in [3.8, 4) is 17.3 Å². The van der Waals surface area contributed by atoms with Crippen LogP contribution in [0.3, 0.4) is 0 Å². The van der Waals surface area contributed by atoms with E-state index in [1.54, 1.807) is 32.0 Å². The van der Waals surface area contributed by atoms with Crippen molar-refractivity contribution in [2.24, 2.45) is 7.05 Å². The van der Waals surface area contributed by atoms with Gasteiger partial charge in [-0.2, -0.15) is 10.4 Å². The molecule has 112 valence electrons. The topological polar surface area (TPSA) is 61.9 Å². The van der Waals surface area contributed by atoms with Gasteiger partial charge in [-0.25, -0.2) is 4.39 Å². The van der Waals surface area contributed by atoms with Gasteiger partial charge in [0.25, 0.3) is 0 Å². The molecule has 0 radical (unpaired) electrons. The molecule has 0 atom stereocenters. The van der Waals surface area contributed by atoms with Gasteiger partial charge in [0.2, 0.25) is 5.91 Å². The average Bonchev–Trinajstić information content (AvgIpc) is 2.77. The smallest absolute Gasteiger partial charge is 0.227 e. The van der Waals surface area contributed by atoms with Crippen LogP contribution in [0.5, 0.6) is 0 Å². The summed E-state index contributed by atoms with van der Waals surface area (Å²) in [5.41, 5.74) is 3.31. The number of halogens is 1. The molecule has 1 aromatic heterocycles. The fraction of sp³-hybridized carbons (Fsp3) is 0.312. The second-order valence-corrected chi connectivity index (χ2v) is 5.47. The van der Waals surface area contributed by atoms with Crippen LogP contribution in [0.1, 0.15) is 23.2 Å². The van der Waals surface area contributed by atoms with Gasteiger partial charge in [-0.05, 0) is 31.0 Å². The number of anilines is 1. The highest BCUT2D eigenvalue weighted by Gasteiger charge is 2.25. The molecule has 22 heavy (non-hydrogen) atoms. The molecule has 0 spiro atoms. The van der Waals surface area contributed by atoms with Crippen molar-refractivity contribution in [1.29, 1.82) is 5.26 Å². The molecule has 0 bridgehead atoms. The van der Waals surface area contributed by atoms with Crippen LogP contribution in [0.4, 0.5) is 10.1 Å². The summed E-state index contributed by atoms with van der Waals surface area (Å²) in [5.74, 6) is -0.368. The van der Waals surface area contributed by atoms with Crippen molar-refractivity contribution in [1.82, 2.24) is 9.78 Å². The summed E-state index contributed by atoms with van der Waals surface area (Å²) >= 11 is 0. The highest BCUT2D eigenvalue weighted by atomic mass is 19.1. The maximum Gasteiger partial charge on any atom is 0.227 e. The number of hydrogen-bond donors (Lipinski definition) is 0.